The predicted molar refractivity (Wildman–Crippen MR) is 160 cm³/mol. The molecule has 7 heterocycles. The summed E-state index contributed by atoms with van der Waals surface area (Å²) in [6, 6.07) is 6.27. The number of morpholine rings is 1. The molecule has 0 unspecified atom stereocenters. The summed E-state index contributed by atoms with van der Waals surface area (Å²) in [7, 11) is 1.86. The highest BCUT2D eigenvalue weighted by atomic mass is 16.5. The van der Waals surface area contributed by atoms with Gasteiger partial charge in [0.25, 0.3) is 0 Å². The summed E-state index contributed by atoms with van der Waals surface area (Å²) >= 11 is 0. The van der Waals surface area contributed by atoms with Crippen LogP contribution in [0.15, 0.2) is 43.0 Å². The Morgan fingerprint density at radius 1 is 1.07 bits per heavy atom. The maximum absolute atomic E-state index is 6.26. The summed E-state index contributed by atoms with van der Waals surface area (Å²) < 4.78 is 18.0. The summed E-state index contributed by atoms with van der Waals surface area (Å²) in [4.78, 5) is 16.5. The summed E-state index contributed by atoms with van der Waals surface area (Å²) in [5, 5.41) is 14.0. The van der Waals surface area contributed by atoms with E-state index in [1.54, 1.807) is 17.1 Å². The fourth-order valence-electron chi connectivity index (χ4n) is 5.79. The third kappa shape index (κ3) is 5.01. The molecule has 12 nitrogen and oxygen atoms in total. The third-order valence-electron chi connectivity index (χ3n) is 8.03. The number of nitrogens with one attached hydrogen (secondary N) is 1. The van der Waals surface area contributed by atoms with Gasteiger partial charge in [-0.3, -0.25) is 9.58 Å². The van der Waals surface area contributed by atoms with Crippen LogP contribution in [0, 0.1) is 0 Å². The standard InChI is InChI=1S/C30H36N10O2/c1-4-8-39-18-21(14-22(39)19-38-9-12-41-13-10-38)28-23-16-32-27-15-25(23)40(36-28)20(2)6-11-42-30-24(17-33-37(30)3)29-31-7-5-26(34-27)35-29/h5,7,14-18,20H,4,6,8-13,19H2,1-3H3,(H,31,32,34,35)/t20-/m0/s1. The van der Waals surface area contributed by atoms with E-state index in [1.165, 1.54) is 5.69 Å². The second-order valence-electron chi connectivity index (χ2n) is 11.0. The maximum atomic E-state index is 6.26. The minimum Gasteiger partial charge on any atom is -0.477 e. The van der Waals surface area contributed by atoms with Gasteiger partial charge in [-0.25, -0.2) is 19.6 Å². The van der Waals surface area contributed by atoms with Crippen molar-refractivity contribution in [3.8, 4) is 28.5 Å². The van der Waals surface area contributed by atoms with Crippen molar-refractivity contribution in [2.45, 2.75) is 45.8 Å². The van der Waals surface area contributed by atoms with Crippen LogP contribution in [0.5, 0.6) is 5.88 Å². The zero-order chi connectivity index (χ0) is 28.6. The van der Waals surface area contributed by atoms with Crippen LogP contribution in [0.25, 0.3) is 33.5 Å². The fourth-order valence-corrected chi connectivity index (χ4v) is 5.79. The molecule has 7 rings (SSSR count). The molecule has 0 amide bonds. The summed E-state index contributed by atoms with van der Waals surface area (Å²) in [5.41, 5.74) is 5.12. The van der Waals surface area contributed by atoms with Crippen molar-refractivity contribution in [2.24, 2.45) is 7.05 Å². The van der Waals surface area contributed by atoms with Crippen LogP contribution >= 0.6 is 0 Å². The van der Waals surface area contributed by atoms with Crippen molar-refractivity contribution < 1.29 is 9.47 Å². The van der Waals surface area contributed by atoms with Crippen molar-refractivity contribution in [1.82, 2.24) is 44.0 Å². The molecule has 0 aliphatic carbocycles. The van der Waals surface area contributed by atoms with E-state index in [0.717, 1.165) is 80.0 Å². The Bertz CT molecular complexity index is 1710. The van der Waals surface area contributed by atoms with Crippen LogP contribution in [0.2, 0.25) is 0 Å². The van der Waals surface area contributed by atoms with Crippen molar-refractivity contribution in [3.63, 3.8) is 0 Å². The Morgan fingerprint density at radius 3 is 2.81 bits per heavy atom. The highest BCUT2D eigenvalue weighted by Crippen LogP contribution is 2.34. The number of hydrogen-bond acceptors (Lipinski definition) is 9. The first-order chi connectivity index (χ1) is 20.6. The van der Waals surface area contributed by atoms with Gasteiger partial charge in [-0.2, -0.15) is 10.2 Å². The summed E-state index contributed by atoms with van der Waals surface area (Å²) in [6.07, 6.45) is 9.46. The average molecular weight is 569 g/mol. The van der Waals surface area contributed by atoms with Crippen molar-refractivity contribution >= 4 is 22.5 Å². The number of pyridine rings is 1. The molecule has 42 heavy (non-hydrogen) atoms. The van der Waals surface area contributed by atoms with Crippen LogP contribution < -0.4 is 10.1 Å². The van der Waals surface area contributed by atoms with Gasteiger partial charge in [0, 0.05) is 80.9 Å². The average Bonchev–Trinajstić information content (AvgIpc) is 3.69. The lowest BCUT2D eigenvalue weighted by atomic mass is 10.1. The van der Waals surface area contributed by atoms with Gasteiger partial charge in [-0.15, -0.1) is 0 Å². The zero-order valence-corrected chi connectivity index (χ0v) is 24.3. The molecule has 0 spiro atoms. The summed E-state index contributed by atoms with van der Waals surface area (Å²) in [6.45, 7) is 10.3. The second-order valence-corrected chi connectivity index (χ2v) is 11.0. The number of fused-ring (bicyclic) bond motifs is 5. The van der Waals surface area contributed by atoms with Gasteiger partial charge in [-0.1, -0.05) is 6.92 Å². The minimum absolute atomic E-state index is 0.0794. The van der Waals surface area contributed by atoms with Gasteiger partial charge in [-0.05, 0) is 25.5 Å². The van der Waals surface area contributed by atoms with Crippen molar-refractivity contribution in [1.29, 1.82) is 0 Å². The molecule has 1 saturated heterocycles. The van der Waals surface area contributed by atoms with E-state index in [9.17, 15) is 0 Å². The smallest absolute Gasteiger partial charge is 0.222 e. The normalized spacial score (nSPS) is 17.5. The van der Waals surface area contributed by atoms with Gasteiger partial charge in [0.2, 0.25) is 5.88 Å². The topological polar surface area (TPSA) is 113 Å². The van der Waals surface area contributed by atoms with Gasteiger partial charge in [0.1, 0.15) is 22.9 Å². The van der Waals surface area contributed by atoms with Crippen molar-refractivity contribution in [3.05, 3.63) is 48.7 Å². The lowest BCUT2D eigenvalue weighted by Crippen LogP contribution is -2.36. The molecule has 0 aromatic carbocycles. The molecule has 0 saturated carbocycles. The van der Waals surface area contributed by atoms with Gasteiger partial charge < -0.3 is 19.4 Å². The van der Waals surface area contributed by atoms with Crippen LogP contribution in [0.1, 0.15) is 38.4 Å². The number of ether oxygens (including phenoxy) is 2. The molecule has 4 bridgehead atoms. The Hall–Kier alpha value is -4.29. The molecule has 1 N–H and O–H groups in total. The number of nitrogens with zero attached hydrogens (tertiary/aromatic N) is 9. The van der Waals surface area contributed by atoms with E-state index in [1.807, 2.05) is 19.3 Å². The highest BCUT2D eigenvalue weighted by molar-refractivity contribution is 5.94. The van der Waals surface area contributed by atoms with E-state index >= 15 is 0 Å². The number of aromatic nitrogens is 8. The Morgan fingerprint density at radius 2 is 1.95 bits per heavy atom. The third-order valence-corrected chi connectivity index (χ3v) is 8.03. The molecule has 2 aliphatic rings. The highest BCUT2D eigenvalue weighted by Gasteiger charge is 2.22. The first-order valence-electron chi connectivity index (χ1n) is 14.7. The quantitative estimate of drug-likeness (QED) is 0.329. The monoisotopic (exact) mass is 568 g/mol. The van der Waals surface area contributed by atoms with Gasteiger partial charge in [0.05, 0.1) is 37.6 Å². The molecule has 2 aliphatic heterocycles. The number of aryl methyl sites for hydroxylation is 2. The van der Waals surface area contributed by atoms with Gasteiger partial charge >= 0.3 is 0 Å². The fraction of sp³-hybridized carbons (Fsp3) is 0.433. The number of anilines is 2. The predicted octanol–water partition coefficient (Wildman–Crippen LogP) is 4.42. The number of hydrogen-bond donors (Lipinski definition) is 1. The van der Waals surface area contributed by atoms with E-state index in [4.69, 9.17) is 24.5 Å². The SMILES string of the molecule is CCCn1cc(-c2nn3c4cc(ncc24)Nc2ccnc(n2)-c2cnn(C)c2OCC[C@@H]3C)cc1CN1CCOCC1. The Kier molecular flexibility index (Phi) is 7.08. The van der Waals surface area contributed by atoms with Crippen LogP contribution in [0.4, 0.5) is 11.6 Å². The lowest BCUT2D eigenvalue weighted by molar-refractivity contribution is 0.0332. The largest absolute Gasteiger partial charge is 0.477 e. The van der Waals surface area contributed by atoms with E-state index in [2.05, 4.69) is 61.7 Å². The first kappa shape index (κ1) is 26.6. The molecular formula is C30H36N10O2. The van der Waals surface area contributed by atoms with E-state index in [-0.39, 0.29) is 6.04 Å². The lowest BCUT2D eigenvalue weighted by Gasteiger charge is -2.26. The van der Waals surface area contributed by atoms with Crippen LogP contribution in [0.3, 0.4) is 0 Å². The second kappa shape index (κ2) is 11.2. The molecular weight excluding hydrogens is 532 g/mol. The molecule has 12 heteroatoms. The number of rotatable bonds is 5. The zero-order valence-electron chi connectivity index (χ0n) is 24.3. The molecule has 5 aromatic rings. The molecule has 0 radical (unpaired) electrons. The van der Waals surface area contributed by atoms with E-state index < -0.39 is 0 Å². The molecule has 1 atom stereocenters. The van der Waals surface area contributed by atoms with E-state index in [0.29, 0.717) is 29.9 Å². The Balaban J connectivity index is 1.29. The maximum Gasteiger partial charge on any atom is 0.222 e. The van der Waals surface area contributed by atoms with Crippen LogP contribution in [-0.2, 0) is 24.9 Å². The van der Waals surface area contributed by atoms with Crippen LogP contribution in [-0.4, -0.2) is 76.9 Å². The van der Waals surface area contributed by atoms with Gasteiger partial charge in [0.15, 0.2) is 5.82 Å². The molecule has 5 aromatic heterocycles. The Labute approximate surface area is 244 Å². The minimum atomic E-state index is 0.0794. The van der Waals surface area contributed by atoms with Crippen molar-refractivity contribution in [2.75, 3.05) is 38.2 Å². The molecule has 1 fully saturated rings. The molecule has 218 valence electrons. The first-order valence-corrected chi connectivity index (χ1v) is 14.7. The summed E-state index contributed by atoms with van der Waals surface area (Å²) in [5.74, 6) is 2.53.